The molecule has 1 N–H and O–H groups in total. The summed E-state index contributed by atoms with van der Waals surface area (Å²) in [5, 5.41) is 12.2. The first-order valence-corrected chi connectivity index (χ1v) is 7.32. The Labute approximate surface area is 130 Å². The van der Waals surface area contributed by atoms with Gasteiger partial charge in [-0.2, -0.15) is 0 Å². The summed E-state index contributed by atoms with van der Waals surface area (Å²) in [6.07, 6.45) is 1.71. The Bertz CT molecular complexity index is 583. The van der Waals surface area contributed by atoms with E-state index in [-0.39, 0.29) is 0 Å². The molecule has 0 aliphatic heterocycles. The number of hydrogen-bond acceptors (Lipinski definition) is 3. The van der Waals surface area contributed by atoms with Crippen LogP contribution in [0, 0.1) is 0 Å². The maximum atomic E-state index is 6.25. The first-order valence-electron chi connectivity index (χ1n) is 5.77. The predicted octanol–water partition coefficient (Wildman–Crippen LogP) is 3.83. The SMILES string of the molecule is CC(C)NCc1cnnn1-c1ccc(Br)c(Cl)c1Cl. The summed E-state index contributed by atoms with van der Waals surface area (Å²) in [4.78, 5) is 0. The molecule has 4 nitrogen and oxygen atoms in total. The van der Waals surface area contributed by atoms with E-state index in [9.17, 15) is 0 Å². The van der Waals surface area contributed by atoms with E-state index in [1.54, 1.807) is 10.9 Å². The van der Waals surface area contributed by atoms with Gasteiger partial charge in [0.1, 0.15) is 0 Å². The zero-order valence-corrected chi connectivity index (χ0v) is 13.6. The van der Waals surface area contributed by atoms with Crippen LogP contribution in [0.2, 0.25) is 10.0 Å². The molecule has 0 bridgehead atoms. The van der Waals surface area contributed by atoms with Crippen molar-refractivity contribution in [3.63, 3.8) is 0 Å². The van der Waals surface area contributed by atoms with Gasteiger partial charge in [-0.3, -0.25) is 0 Å². The summed E-state index contributed by atoms with van der Waals surface area (Å²) in [6, 6.07) is 4.07. The van der Waals surface area contributed by atoms with Crippen LogP contribution in [0.3, 0.4) is 0 Å². The van der Waals surface area contributed by atoms with Crippen LogP contribution in [0.15, 0.2) is 22.8 Å². The molecule has 2 rings (SSSR count). The van der Waals surface area contributed by atoms with Crippen molar-refractivity contribution in [2.45, 2.75) is 26.4 Å². The quantitative estimate of drug-likeness (QED) is 0.839. The summed E-state index contributed by atoms with van der Waals surface area (Å²) in [7, 11) is 0. The van der Waals surface area contributed by atoms with Crippen molar-refractivity contribution < 1.29 is 0 Å². The smallest absolute Gasteiger partial charge is 0.0869 e. The zero-order valence-electron chi connectivity index (χ0n) is 10.5. The maximum absolute atomic E-state index is 6.25. The molecule has 0 aliphatic carbocycles. The summed E-state index contributed by atoms with van der Waals surface area (Å²) in [6.45, 7) is 4.82. The average Bonchev–Trinajstić information content (AvgIpc) is 2.82. The molecule has 1 aromatic carbocycles. The minimum absolute atomic E-state index is 0.382. The summed E-state index contributed by atoms with van der Waals surface area (Å²) in [5.41, 5.74) is 1.64. The Kier molecular flexibility index (Phi) is 4.84. The molecule has 0 spiro atoms. The van der Waals surface area contributed by atoms with Gasteiger partial charge in [-0.15, -0.1) is 5.10 Å². The fourth-order valence-corrected chi connectivity index (χ4v) is 2.42. The van der Waals surface area contributed by atoms with Gasteiger partial charge in [-0.1, -0.05) is 42.3 Å². The minimum atomic E-state index is 0.382. The van der Waals surface area contributed by atoms with Crippen molar-refractivity contribution in [3.8, 4) is 5.69 Å². The lowest BCUT2D eigenvalue weighted by Crippen LogP contribution is -2.23. The van der Waals surface area contributed by atoms with Crippen LogP contribution in [0.4, 0.5) is 0 Å². The molecule has 0 fully saturated rings. The van der Waals surface area contributed by atoms with E-state index in [0.717, 1.165) is 10.2 Å². The lowest BCUT2D eigenvalue weighted by Gasteiger charge is -2.12. The van der Waals surface area contributed by atoms with Crippen LogP contribution in [0.25, 0.3) is 5.69 Å². The van der Waals surface area contributed by atoms with E-state index < -0.39 is 0 Å². The second-order valence-corrected chi connectivity index (χ2v) is 5.98. The Hall–Kier alpha value is -0.620. The molecule has 0 unspecified atom stereocenters. The van der Waals surface area contributed by atoms with Gasteiger partial charge in [0, 0.05) is 17.1 Å². The number of hydrogen-bond donors (Lipinski definition) is 1. The van der Waals surface area contributed by atoms with E-state index >= 15 is 0 Å². The van der Waals surface area contributed by atoms with E-state index in [4.69, 9.17) is 23.2 Å². The van der Waals surface area contributed by atoms with Gasteiger partial charge in [-0.05, 0) is 28.1 Å². The summed E-state index contributed by atoms with van der Waals surface area (Å²) >= 11 is 15.7. The predicted molar refractivity (Wildman–Crippen MR) is 81.1 cm³/mol. The molecule has 0 saturated heterocycles. The first-order chi connectivity index (χ1) is 9.00. The van der Waals surface area contributed by atoms with Gasteiger partial charge in [0.2, 0.25) is 0 Å². The highest BCUT2D eigenvalue weighted by atomic mass is 79.9. The van der Waals surface area contributed by atoms with Crippen LogP contribution >= 0.6 is 39.1 Å². The van der Waals surface area contributed by atoms with Crippen molar-refractivity contribution in [2.24, 2.45) is 0 Å². The molecular formula is C12H13BrCl2N4. The Morgan fingerprint density at radius 3 is 2.74 bits per heavy atom. The molecule has 0 aliphatic rings. The zero-order chi connectivity index (χ0) is 14.0. The van der Waals surface area contributed by atoms with E-state index in [2.05, 4.69) is 45.4 Å². The van der Waals surface area contributed by atoms with Crippen LogP contribution < -0.4 is 5.32 Å². The van der Waals surface area contributed by atoms with Gasteiger partial charge >= 0.3 is 0 Å². The standard InChI is InChI=1S/C12H13BrCl2N4/c1-7(2)16-5-8-6-17-18-19(8)10-4-3-9(13)11(14)12(10)15/h3-4,6-7,16H,5H2,1-2H3. The van der Waals surface area contributed by atoms with Crippen LogP contribution in [-0.2, 0) is 6.54 Å². The fourth-order valence-electron chi connectivity index (χ4n) is 1.57. The van der Waals surface area contributed by atoms with E-state index in [0.29, 0.717) is 28.3 Å². The maximum Gasteiger partial charge on any atom is 0.0869 e. The second kappa shape index (κ2) is 6.22. The second-order valence-electron chi connectivity index (χ2n) is 4.37. The van der Waals surface area contributed by atoms with Crippen LogP contribution in [-0.4, -0.2) is 21.0 Å². The molecule has 0 atom stereocenters. The molecule has 102 valence electrons. The normalized spacial score (nSPS) is 11.3. The van der Waals surface area contributed by atoms with Gasteiger partial charge in [0.25, 0.3) is 0 Å². The number of aromatic nitrogens is 3. The van der Waals surface area contributed by atoms with Crippen LogP contribution in [0.1, 0.15) is 19.5 Å². The summed E-state index contributed by atoms with van der Waals surface area (Å²) < 4.78 is 2.45. The Morgan fingerprint density at radius 2 is 2.05 bits per heavy atom. The topological polar surface area (TPSA) is 42.7 Å². The molecule has 1 heterocycles. The van der Waals surface area contributed by atoms with E-state index in [1.165, 1.54) is 0 Å². The molecule has 7 heteroatoms. The molecule has 1 aromatic heterocycles. The van der Waals surface area contributed by atoms with Crippen molar-refractivity contribution in [3.05, 3.63) is 38.5 Å². The number of nitrogens with one attached hydrogen (secondary N) is 1. The molecule has 0 amide bonds. The number of benzene rings is 1. The number of halogens is 3. The van der Waals surface area contributed by atoms with Gasteiger partial charge in [0.15, 0.2) is 0 Å². The highest BCUT2D eigenvalue weighted by Crippen LogP contribution is 2.34. The fraction of sp³-hybridized carbons (Fsp3) is 0.333. The highest BCUT2D eigenvalue weighted by Gasteiger charge is 2.14. The van der Waals surface area contributed by atoms with Crippen molar-refractivity contribution in [2.75, 3.05) is 0 Å². The lowest BCUT2D eigenvalue weighted by atomic mass is 10.3. The van der Waals surface area contributed by atoms with Crippen molar-refractivity contribution >= 4 is 39.1 Å². The Morgan fingerprint density at radius 1 is 1.32 bits per heavy atom. The lowest BCUT2D eigenvalue weighted by molar-refractivity contribution is 0.570. The van der Waals surface area contributed by atoms with Crippen LogP contribution in [0.5, 0.6) is 0 Å². The molecular weight excluding hydrogens is 351 g/mol. The van der Waals surface area contributed by atoms with Gasteiger partial charge in [0.05, 0.1) is 27.6 Å². The largest absolute Gasteiger partial charge is 0.309 e. The monoisotopic (exact) mass is 362 g/mol. The third-order valence-corrected chi connectivity index (χ3v) is 4.32. The van der Waals surface area contributed by atoms with Crippen molar-refractivity contribution in [1.29, 1.82) is 0 Å². The average molecular weight is 364 g/mol. The molecule has 2 aromatic rings. The third-order valence-electron chi connectivity index (χ3n) is 2.55. The molecule has 0 saturated carbocycles. The number of rotatable bonds is 4. The Balaban J connectivity index is 2.37. The van der Waals surface area contributed by atoms with Gasteiger partial charge in [-0.25, -0.2) is 4.68 Å². The summed E-state index contributed by atoms with van der Waals surface area (Å²) in [5.74, 6) is 0. The van der Waals surface area contributed by atoms with Crippen molar-refractivity contribution in [1.82, 2.24) is 20.3 Å². The number of nitrogens with zero attached hydrogens (tertiary/aromatic N) is 3. The molecule has 19 heavy (non-hydrogen) atoms. The highest BCUT2D eigenvalue weighted by molar-refractivity contribution is 9.10. The minimum Gasteiger partial charge on any atom is -0.309 e. The molecule has 0 radical (unpaired) electrons. The van der Waals surface area contributed by atoms with Gasteiger partial charge < -0.3 is 5.32 Å². The third kappa shape index (κ3) is 3.28. The van der Waals surface area contributed by atoms with E-state index in [1.807, 2.05) is 12.1 Å². The first kappa shape index (κ1) is 14.8.